The van der Waals surface area contributed by atoms with Crippen molar-refractivity contribution in [1.82, 2.24) is 0 Å². The molecule has 0 fully saturated rings. The van der Waals surface area contributed by atoms with Crippen LogP contribution in [-0.2, 0) is 48.1 Å². The lowest BCUT2D eigenvalue weighted by molar-refractivity contribution is -0.138. The largest absolute Gasteiger partial charge is 0.462 e. The molecule has 0 aromatic heterocycles. The van der Waals surface area contributed by atoms with E-state index in [1.54, 1.807) is 38.1 Å². The number of anilines is 2. The molecular formula is C41H44N4O7. The molecule has 0 radical (unpaired) electrons. The average molecular weight is 705 g/mol. The van der Waals surface area contributed by atoms with Gasteiger partial charge < -0.3 is 29.1 Å². The first-order chi connectivity index (χ1) is 25.2. The highest BCUT2D eigenvalue weighted by atomic mass is 16.5. The number of hydrogen-bond acceptors (Lipinski definition) is 11. The molecule has 3 aromatic carbocycles. The van der Waals surface area contributed by atoms with Crippen molar-refractivity contribution < 1.29 is 33.7 Å². The zero-order chi connectivity index (χ0) is 37.9. The number of hydrogen-bond donors (Lipinski definition) is 1. The predicted octanol–water partition coefficient (Wildman–Crippen LogP) is 5.92. The Morgan fingerprint density at radius 3 is 1.54 bits per heavy atom. The Morgan fingerprint density at radius 2 is 1.15 bits per heavy atom. The maximum atomic E-state index is 12.1. The Kier molecular flexibility index (Phi) is 16.4. The molecule has 11 heteroatoms. The molecule has 0 amide bonds. The zero-order valence-electron chi connectivity index (χ0n) is 29.8. The van der Waals surface area contributed by atoms with Crippen LogP contribution >= 0.6 is 0 Å². The van der Waals surface area contributed by atoms with Gasteiger partial charge in [0.2, 0.25) is 0 Å². The molecule has 0 saturated heterocycles. The van der Waals surface area contributed by atoms with Crippen molar-refractivity contribution >= 4 is 41.4 Å². The molecule has 11 nitrogen and oxygen atoms in total. The van der Waals surface area contributed by atoms with Gasteiger partial charge in [0.05, 0.1) is 26.4 Å². The Hall–Kier alpha value is -6.17. The van der Waals surface area contributed by atoms with Gasteiger partial charge in [-0.25, -0.2) is 14.4 Å². The molecule has 0 heterocycles. The van der Waals surface area contributed by atoms with Gasteiger partial charge in [0.25, 0.3) is 0 Å². The zero-order valence-corrected chi connectivity index (χ0v) is 29.8. The summed E-state index contributed by atoms with van der Waals surface area (Å²) < 4.78 is 15.2. The molecular weight excluding hydrogens is 660 g/mol. The summed E-state index contributed by atoms with van der Waals surface area (Å²) in [6.45, 7) is 11.0. The van der Waals surface area contributed by atoms with Crippen LogP contribution in [0.4, 0.5) is 11.4 Å². The van der Waals surface area contributed by atoms with E-state index in [1.165, 1.54) is 12.2 Å². The van der Waals surface area contributed by atoms with Crippen molar-refractivity contribution in [3.05, 3.63) is 118 Å². The third-order valence-corrected chi connectivity index (χ3v) is 7.78. The summed E-state index contributed by atoms with van der Waals surface area (Å²) in [5.74, 6) is -1.87. The number of rotatable bonds is 19. The minimum Gasteiger partial charge on any atom is -0.462 e. The van der Waals surface area contributed by atoms with E-state index >= 15 is 0 Å². The first kappa shape index (κ1) is 40.3. The normalized spacial score (nSPS) is 11.1. The van der Waals surface area contributed by atoms with E-state index in [2.05, 4.69) is 36.6 Å². The Morgan fingerprint density at radius 1 is 0.712 bits per heavy atom. The summed E-state index contributed by atoms with van der Waals surface area (Å²) in [5.41, 5.74) is 6.00. The van der Waals surface area contributed by atoms with Crippen LogP contribution in [0.3, 0.4) is 0 Å². The van der Waals surface area contributed by atoms with E-state index in [0.717, 1.165) is 40.6 Å². The van der Waals surface area contributed by atoms with Crippen molar-refractivity contribution in [2.24, 2.45) is 0 Å². The molecule has 0 saturated carbocycles. The van der Waals surface area contributed by atoms with Gasteiger partial charge in [0.1, 0.15) is 29.9 Å². The second-order valence-electron chi connectivity index (χ2n) is 11.4. The molecule has 3 aromatic rings. The lowest BCUT2D eigenvalue weighted by atomic mass is 10.0. The van der Waals surface area contributed by atoms with E-state index < -0.39 is 17.9 Å². The lowest BCUT2D eigenvalue weighted by Crippen LogP contribution is -2.28. The highest BCUT2D eigenvalue weighted by Gasteiger charge is 2.15. The topological polar surface area (TPSA) is 153 Å². The maximum absolute atomic E-state index is 12.1. The summed E-state index contributed by atoms with van der Waals surface area (Å²) in [5, 5.41) is 28.8. The highest BCUT2D eigenvalue weighted by molar-refractivity contribution is 5.98. The third kappa shape index (κ3) is 12.3. The fourth-order valence-corrected chi connectivity index (χ4v) is 5.29. The van der Waals surface area contributed by atoms with Crippen LogP contribution in [0.25, 0.3) is 12.2 Å². The fourth-order valence-electron chi connectivity index (χ4n) is 5.29. The summed E-state index contributed by atoms with van der Waals surface area (Å²) in [6.07, 6.45) is 4.87. The van der Waals surface area contributed by atoms with Crippen LogP contribution in [0.15, 0.2) is 90.5 Å². The number of aliphatic hydroxyl groups is 1. The number of aliphatic hydroxyl groups excluding tert-OH is 1. The number of aryl methyl sites for hydroxylation is 1. The van der Waals surface area contributed by atoms with Crippen molar-refractivity contribution in [3.8, 4) is 12.1 Å². The van der Waals surface area contributed by atoms with Crippen LogP contribution < -0.4 is 9.80 Å². The van der Waals surface area contributed by atoms with Gasteiger partial charge >= 0.3 is 17.9 Å². The second kappa shape index (κ2) is 21.1. The SMILES string of the molecule is C=CC(=O)OCCN(Cc1cc(CC)cc(CN(CCO)c2ccc(/C=C(/C#N)C(=O)OCC)cc2)c1)c1ccc(/C=C(/C#N)C(=O)OCC)cc1. The summed E-state index contributed by atoms with van der Waals surface area (Å²) >= 11 is 0. The van der Waals surface area contributed by atoms with Crippen molar-refractivity contribution in [1.29, 1.82) is 10.5 Å². The van der Waals surface area contributed by atoms with E-state index in [-0.39, 0.29) is 37.6 Å². The minimum absolute atomic E-state index is 0.0680. The van der Waals surface area contributed by atoms with Crippen LogP contribution in [0.5, 0.6) is 0 Å². The molecule has 0 aliphatic rings. The van der Waals surface area contributed by atoms with Crippen LogP contribution in [0, 0.1) is 22.7 Å². The second-order valence-corrected chi connectivity index (χ2v) is 11.4. The predicted molar refractivity (Wildman–Crippen MR) is 199 cm³/mol. The Balaban J connectivity index is 1.90. The van der Waals surface area contributed by atoms with Gasteiger partial charge in [-0.05, 0) is 84.5 Å². The van der Waals surface area contributed by atoms with Crippen molar-refractivity contribution in [3.63, 3.8) is 0 Å². The number of benzene rings is 3. The van der Waals surface area contributed by atoms with Gasteiger partial charge in [0, 0.05) is 37.1 Å². The van der Waals surface area contributed by atoms with Crippen LogP contribution in [0.2, 0.25) is 0 Å². The van der Waals surface area contributed by atoms with Crippen LogP contribution in [-0.4, -0.2) is 62.5 Å². The van der Waals surface area contributed by atoms with Crippen molar-refractivity contribution in [2.75, 3.05) is 49.3 Å². The smallest absolute Gasteiger partial charge is 0.348 e. The van der Waals surface area contributed by atoms with Gasteiger partial charge in [-0.1, -0.05) is 56.0 Å². The molecule has 0 spiro atoms. The van der Waals surface area contributed by atoms with E-state index in [9.17, 15) is 30.0 Å². The van der Waals surface area contributed by atoms with E-state index in [4.69, 9.17) is 14.2 Å². The Bertz CT molecular complexity index is 1830. The minimum atomic E-state index is -0.682. The van der Waals surface area contributed by atoms with E-state index in [0.29, 0.717) is 37.3 Å². The number of esters is 3. The van der Waals surface area contributed by atoms with Gasteiger partial charge in [-0.2, -0.15) is 10.5 Å². The molecule has 0 aliphatic carbocycles. The molecule has 1 N–H and O–H groups in total. The lowest BCUT2D eigenvalue weighted by Gasteiger charge is -2.27. The molecule has 0 unspecified atom stereocenters. The molecule has 52 heavy (non-hydrogen) atoms. The first-order valence-corrected chi connectivity index (χ1v) is 17.0. The molecule has 0 atom stereocenters. The Labute approximate surface area is 305 Å². The molecule has 3 rings (SSSR count). The van der Waals surface area contributed by atoms with Gasteiger partial charge in [-0.3, -0.25) is 0 Å². The standard InChI is InChI=1S/C41H44N4O7/c1-5-30-21-33(28-44(17-19-46)37-13-9-31(10-14-37)24-35(26-42)40(48)50-7-3)23-34(22-30)29-45(18-20-52-39(47)6-2)38-15-11-32(12-16-38)25-36(27-43)41(49)51-8-4/h6,9-16,21-25,46H,2,5,7-8,17-20,28-29H2,1,3-4H3/b35-24-,36-25-. The molecule has 0 aliphatic heterocycles. The quantitative estimate of drug-likeness (QED) is 0.0685. The highest BCUT2D eigenvalue weighted by Crippen LogP contribution is 2.24. The van der Waals surface area contributed by atoms with Crippen molar-refractivity contribution in [2.45, 2.75) is 40.3 Å². The first-order valence-electron chi connectivity index (χ1n) is 17.0. The van der Waals surface area contributed by atoms with Crippen LogP contribution in [0.1, 0.15) is 48.6 Å². The number of ether oxygens (including phenoxy) is 3. The average Bonchev–Trinajstić information content (AvgIpc) is 3.15. The fraction of sp³-hybridized carbons (Fsp3) is 0.293. The maximum Gasteiger partial charge on any atom is 0.348 e. The summed E-state index contributed by atoms with van der Waals surface area (Å²) in [6, 6.07) is 24.9. The van der Waals surface area contributed by atoms with Gasteiger partial charge in [-0.15, -0.1) is 0 Å². The number of carbonyl (C=O) groups excluding carboxylic acids is 3. The van der Waals surface area contributed by atoms with E-state index in [1.807, 2.05) is 41.3 Å². The number of carbonyl (C=O) groups is 3. The third-order valence-electron chi connectivity index (χ3n) is 7.78. The number of nitrogens with zero attached hydrogens (tertiary/aromatic N) is 4. The van der Waals surface area contributed by atoms with Gasteiger partial charge in [0.15, 0.2) is 0 Å². The summed E-state index contributed by atoms with van der Waals surface area (Å²) in [4.78, 5) is 40.1. The molecule has 0 bridgehead atoms. The number of nitriles is 2. The molecule has 270 valence electrons. The monoisotopic (exact) mass is 704 g/mol. The summed E-state index contributed by atoms with van der Waals surface area (Å²) in [7, 11) is 0.